The quantitative estimate of drug-likeness (QED) is 0.765. The van der Waals surface area contributed by atoms with Crippen molar-refractivity contribution in [2.24, 2.45) is 0 Å². The molecule has 3 heterocycles. The number of hydrogen-bond donors (Lipinski definition) is 2. The summed E-state index contributed by atoms with van der Waals surface area (Å²) in [5, 5.41) is 5.90. The van der Waals surface area contributed by atoms with Crippen LogP contribution in [0.5, 0.6) is 0 Å². The predicted molar refractivity (Wildman–Crippen MR) is 117 cm³/mol. The molecule has 3 amide bonds. The summed E-state index contributed by atoms with van der Waals surface area (Å²) in [5.74, 6) is 0.459. The molecule has 0 saturated carbocycles. The second-order valence-corrected chi connectivity index (χ2v) is 7.81. The largest absolute Gasteiger partial charge is 0.340 e. The van der Waals surface area contributed by atoms with Gasteiger partial charge in [0.2, 0.25) is 11.8 Å². The van der Waals surface area contributed by atoms with Crippen molar-refractivity contribution in [3.05, 3.63) is 53.7 Å². The van der Waals surface area contributed by atoms with E-state index in [1.54, 1.807) is 30.2 Å². The van der Waals surface area contributed by atoms with Gasteiger partial charge < -0.3 is 20.4 Å². The van der Waals surface area contributed by atoms with E-state index in [9.17, 15) is 14.4 Å². The Morgan fingerprint density at radius 1 is 1.13 bits per heavy atom. The van der Waals surface area contributed by atoms with Gasteiger partial charge in [0.25, 0.3) is 5.91 Å². The Morgan fingerprint density at radius 2 is 1.84 bits per heavy atom. The highest BCUT2D eigenvalue weighted by molar-refractivity contribution is 6.01. The normalized spacial score (nSPS) is 18.9. The molecule has 1 atom stereocenters. The first kappa shape index (κ1) is 20.8. The number of rotatable bonds is 4. The molecule has 2 aliphatic rings. The summed E-state index contributed by atoms with van der Waals surface area (Å²) in [4.78, 5) is 46.3. The van der Waals surface area contributed by atoms with Gasteiger partial charge in [0, 0.05) is 52.0 Å². The number of fused-ring (bicyclic) bond motifs is 1. The van der Waals surface area contributed by atoms with Crippen LogP contribution in [-0.4, -0.2) is 72.3 Å². The summed E-state index contributed by atoms with van der Waals surface area (Å²) in [6, 6.07) is 10.9. The number of nitrogens with one attached hydrogen (secondary N) is 2. The molecule has 1 saturated heterocycles. The number of piperazine rings is 1. The lowest BCUT2D eigenvalue weighted by molar-refractivity contribution is -0.130. The molecule has 162 valence electrons. The predicted octanol–water partition coefficient (Wildman–Crippen LogP) is 1.06. The van der Waals surface area contributed by atoms with Crippen LogP contribution in [0.15, 0.2) is 42.6 Å². The van der Waals surface area contributed by atoms with Crippen LogP contribution < -0.4 is 15.5 Å². The molecule has 2 aromatic rings. The molecule has 0 unspecified atom stereocenters. The molecule has 0 spiro atoms. The van der Waals surface area contributed by atoms with Crippen molar-refractivity contribution in [3.8, 4) is 0 Å². The van der Waals surface area contributed by atoms with Crippen LogP contribution in [0, 0.1) is 0 Å². The summed E-state index contributed by atoms with van der Waals surface area (Å²) in [6.45, 7) is 4.53. The van der Waals surface area contributed by atoms with Crippen molar-refractivity contribution in [2.45, 2.75) is 13.1 Å². The van der Waals surface area contributed by atoms with Gasteiger partial charge in [-0.1, -0.05) is 12.1 Å². The number of aromatic nitrogens is 1. The standard InChI is InChI=1S/C22H26N6O3/c1-15(29)28-12-10-27(11-13-28)14-19(30)24-17-7-5-16(6-8-17)20-25-22(31)18-4-3-9-23-21(18)26(20)2/h3-9,20H,10-14H2,1-2H3,(H,24,30)(H,25,31)/t20-/m1/s1. The molecule has 1 aromatic carbocycles. The monoisotopic (exact) mass is 422 g/mol. The van der Waals surface area contributed by atoms with E-state index in [1.165, 1.54) is 0 Å². The lowest BCUT2D eigenvalue weighted by Crippen LogP contribution is -2.49. The maximum absolute atomic E-state index is 12.4. The van der Waals surface area contributed by atoms with Crippen LogP contribution in [0.3, 0.4) is 0 Å². The number of amides is 3. The number of carbonyl (C=O) groups excluding carboxylic acids is 3. The van der Waals surface area contributed by atoms with Crippen LogP contribution in [0.25, 0.3) is 0 Å². The third kappa shape index (κ3) is 4.51. The van der Waals surface area contributed by atoms with Crippen LogP contribution in [0.2, 0.25) is 0 Å². The van der Waals surface area contributed by atoms with Gasteiger partial charge in [-0.25, -0.2) is 4.98 Å². The van der Waals surface area contributed by atoms with Gasteiger partial charge in [-0.05, 0) is 29.8 Å². The van der Waals surface area contributed by atoms with Gasteiger partial charge in [0.15, 0.2) is 0 Å². The van der Waals surface area contributed by atoms with Gasteiger partial charge in [-0.2, -0.15) is 0 Å². The molecule has 0 bridgehead atoms. The Kier molecular flexibility index (Phi) is 5.85. The molecular weight excluding hydrogens is 396 g/mol. The highest BCUT2D eigenvalue weighted by Crippen LogP contribution is 2.30. The number of hydrogen-bond acceptors (Lipinski definition) is 6. The Morgan fingerprint density at radius 3 is 2.52 bits per heavy atom. The molecule has 31 heavy (non-hydrogen) atoms. The minimum Gasteiger partial charge on any atom is -0.340 e. The van der Waals surface area contributed by atoms with Crippen molar-refractivity contribution in [2.75, 3.05) is 50.0 Å². The summed E-state index contributed by atoms with van der Waals surface area (Å²) in [7, 11) is 1.89. The number of benzene rings is 1. The van der Waals surface area contributed by atoms with Gasteiger partial charge in [0.05, 0.1) is 12.1 Å². The Labute approximate surface area is 181 Å². The first-order chi connectivity index (χ1) is 14.9. The molecule has 4 rings (SSSR count). The fourth-order valence-electron chi connectivity index (χ4n) is 3.96. The first-order valence-electron chi connectivity index (χ1n) is 10.3. The third-order valence-electron chi connectivity index (χ3n) is 5.72. The van der Waals surface area contributed by atoms with E-state index in [2.05, 4.69) is 15.6 Å². The molecule has 0 radical (unpaired) electrons. The summed E-state index contributed by atoms with van der Waals surface area (Å²) in [5.41, 5.74) is 2.14. The van der Waals surface area contributed by atoms with E-state index in [4.69, 9.17) is 0 Å². The first-order valence-corrected chi connectivity index (χ1v) is 10.3. The van der Waals surface area contributed by atoms with Crippen molar-refractivity contribution in [1.82, 2.24) is 20.1 Å². The smallest absolute Gasteiger partial charge is 0.256 e. The number of pyridine rings is 1. The summed E-state index contributed by atoms with van der Waals surface area (Å²) >= 11 is 0. The minimum absolute atomic E-state index is 0.0725. The van der Waals surface area contributed by atoms with Crippen molar-refractivity contribution >= 4 is 29.2 Å². The molecule has 9 heteroatoms. The number of anilines is 2. The highest BCUT2D eigenvalue weighted by atomic mass is 16.2. The maximum Gasteiger partial charge on any atom is 0.256 e. The van der Waals surface area contributed by atoms with Gasteiger partial charge in [-0.3, -0.25) is 19.3 Å². The molecule has 2 N–H and O–H groups in total. The van der Waals surface area contributed by atoms with E-state index in [-0.39, 0.29) is 30.4 Å². The van der Waals surface area contributed by atoms with Crippen LogP contribution >= 0.6 is 0 Å². The second kappa shape index (κ2) is 8.73. The van der Waals surface area contributed by atoms with Crippen LogP contribution in [0.4, 0.5) is 11.5 Å². The molecule has 2 aliphatic heterocycles. The number of carbonyl (C=O) groups is 3. The Balaban J connectivity index is 1.35. The maximum atomic E-state index is 12.4. The second-order valence-electron chi connectivity index (χ2n) is 7.81. The molecule has 0 aliphatic carbocycles. The zero-order chi connectivity index (χ0) is 22.0. The van der Waals surface area contributed by atoms with Gasteiger partial charge >= 0.3 is 0 Å². The fourth-order valence-corrected chi connectivity index (χ4v) is 3.96. The van der Waals surface area contributed by atoms with E-state index in [0.717, 1.165) is 5.56 Å². The summed E-state index contributed by atoms with van der Waals surface area (Å²) in [6.07, 6.45) is 1.33. The topological polar surface area (TPSA) is 97.9 Å². The zero-order valence-electron chi connectivity index (χ0n) is 17.7. The Bertz CT molecular complexity index is 985. The van der Waals surface area contributed by atoms with Crippen LogP contribution in [0.1, 0.15) is 29.0 Å². The van der Waals surface area contributed by atoms with Gasteiger partial charge in [-0.15, -0.1) is 0 Å². The van der Waals surface area contributed by atoms with Crippen molar-refractivity contribution in [3.63, 3.8) is 0 Å². The lowest BCUT2D eigenvalue weighted by atomic mass is 10.1. The van der Waals surface area contributed by atoms with E-state index < -0.39 is 0 Å². The average molecular weight is 422 g/mol. The lowest BCUT2D eigenvalue weighted by Gasteiger charge is -2.35. The molecule has 9 nitrogen and oxygen atoms in total. The average Bonchev–Trinajstić information content (AvgIpc) is 2.77. The van der Waals surface area contributed by atoms with Crippen molar-refractivity contribution in [1.29, 1.82) is 0 Å². The fraction of sp³-hybridized carbons (Fsp3) is 0.364. The SMILES string of the molecule is CC(=O)N1CCN(CC(=O)Nc2ccc([C@@H]3NC(=O)c4cccnc4N3C)cc2)CC1. The minimum atomic E-state index is -0.336. The molecule has 1 fully saturated rings. The molecular formula is C22H26N6O3. The third-order valence-corrected chi connectivity index (χ3v) is 5.72. The van der Waals surface area contributed by atoms with E-state index in [1.807, 2.05) is 41.1 Å². The van der Waals surface area contributed by atoms with Crippen molar-refractivity contribution < 1.29 is 14.4 Å². The van der Waals surface area contributed by atoms with Crippen LogP contribution in [-0.2, 0) is 9.59 Å². The zero-order valence-corrected chi connectivity index (χ0v) is 17.7. The number of nitrogens with zero attached hydrogens (tertiary/aromatic N) is 4. The highest BCUT2D eigenvalue weighted by Gasteiger charge is 2.30. The van der Waals surface area contributed by atoms with E-state index >= 15 is 0 Å². The summed E-state index contributed by atoms with van der Waals surface area (Å²) < 4.78 is 0. The van der Waals surface area contributed by atoms with E-state index in [0.29, 0.717) is 43.2 Å². The molecule has 1 aromatic heterocycles. The Hall–Kier alpha value is -3.46. The van der Waals surface area contributed by atoms with Gasteiger partial charge in [0.1, 0.15) is 12.0 Å².